The maximum Gasteiger partial charge on any atom is 0.255 e. The summed E-state index contributed by atoms with van der Waals surface area (Å²) < 4.78 is 0. The molecule has 7 heteroatoms. The molecule has 2 heterocycles. The molecule has 1 saturated heterocycles. The molecule has 1 aliphatic carbocycles. The molecule has 3 amide bonds. The molecule has 0 bridgehead atoms. The van der Waals surface area contributed by atoms with Crippen molar-refractivity contribution in [3.63, 3.8) is 0 Å². The molecule has 1 saturated carbocycles. The van der Waals surface area contributed by atoms with E-state index in [9.17, 15) is 14.4 Å². The van der Waals surface area contributed by atoms with Crippen LogP contribution in [-0.2, 0) is 16.1 Å². The number of imide groups is 1. The maximum absolute atomic E-state index is 12.6. The van der Waals surface area contributed by atoms with Crippen LogP contribution in [0.3, 0.4) is 0 Å². The van der Waals surface area contributed by atoms with Crippen LogP contribution >= 0.6 is 0 Å². The van der Waals surface area contributed by atoms with Gasteiger partial charge in [-0.1, -0.05) is 18.6 Å². The number of rotatable bonds is 5. The first-order valence-electron chi connectivity index (χ1n) is 10.3. The van der Waals surface area contributed by atoms with Crippen molar-refractivity contribution in [3.8, 4) is 0 Å². The van der Waals surface area contributed by atoms with Gasteiger partial charge in [0.25, 0.3) is 5.91 Å². The van der Waals surface area contributed by atoms with Gasteiger partial charge in [-0.3, -0.25) is 19.3 Å². The summed E-state index contributed by atoms with van der Waals surface area (Å²) in [5.41, 5.74) is 3.86. The molecular weight excluding hydrogens is 380 g/mol. The lowest BCUT2D eigenvalue weighted by Crippen LogP contribution is -2.28. The fourth-order valence-corrected chi connectivity index (χ4v) is 3.93. The van der Waals surface area contributed by atoms with E-state index >= 15 is 0 Å². The zero-order chi connectivity index (χ0) is 20.7. The van der Waals surface area contributed by atoms with Gasteiger partial charge in [0, 0.05) is 30.0 Å². The summed E-state index contributed by atoms with van der Waals surface area (Å²) in [5, 5.41) is 2.92. The molecule has 0 atom stereocenters. The molecule has 2 aliphatic rings. The third-order valence-electron chi connectivity index (χ3n) is 5.96. The average molecular weight is 402 g/mol. The van der Waals surface area contributed by atoms with Gasteiger partial charge in [0.05, 0.1) is 17.6 Å². The summed E-state index contributed by atoms with van der Waals surface area (Å²) in [6.45, 7) is 0.249. The molecule has 2 aromatic carbocycles. The van der Waals surface area contributed by atoms with E-state index in [0.717, 1.165) is 22.4 Å². The predicted octanol–water partition coefficient (Wildman–Crippen LogP) is 3.73. The van der Waals surface area contributed by atoms with Crippen LogP contribution in [-0.4, -0.2) is 32.6 Å². The fourth-order valence-electron chi connectivity index (χ4n) is 3.93. The Morgan fingerprint density at radius 3 is 2.47 bits per heavy atom. The minimum absolute atomic E-state index is 0.142. The first-order chi connectivity index (χ1) is 14.6. The summed E-state index contributed by atoms with van der Waals surface area (Å²) in [4.78, 5) is 45.4. The highest BCUT2D eigenvalue weighted by atomic mass is 16.2. The molecule has 0 spiro atoms. The van der Waals surface area contributed by atoms with Crippen LogP contribution in [0.2, 0.25) is 0 Å². The number of nitrogens with one attached hydrogen (secondary N) is 2. The molecule has 7 nitrogen and oxygen atoms in total. The fraction of sp³-hybridized carbons (Fsp3) is 0.304. The van der Waals surface area contributed by atoms with E-state index in [1.54, 1.807) is 24.3 Å². The molecule has 2 N–H and O–H groups in total. The zero-order valence-corrected chi connectivity index (χ0v) is 16.5. The Hall–Kier alpha value is -3.48. The monoisotopic (exact) mass is 402 g/mol. The number of imidazole rings is 1. The van der Waals surface area contributed by atoms with Crippen molar-refractivity contribution >= 4 is 34.4 Å². The summed E-state index contributed by atoms with van der Waals surface area (Å²) >= 11 is 0. The number of fused-ring (bicyclic) bond motifs is 1. The van der Waals surface area contributed by atoms with Crippen LogP contribution in [0.1, 0.15) is 59.8 Å². The third kappa shape index (κ3) is 3.47. The quantitative estimate of drug-likeness (QED) is 0.636. The molecule has 0 unspecified atom stereocenters. The number of likely N-dealkylation sites (tertiary alicyclic amines) is 1. The maximum atomic E-state index is 12.6. The highest BCUT2D eigenvalue weighted by Gasteiger charge is 2.28. The molecular formula is C23H22N4O3. The SMILES string of the molecule is O=C(Nc1ccc2nc(C3CCC3)[nH]c2c1)c1ccc(CN2C(=O)CCC2=O)cc1. The predicted molar refractivity (Wildman–Crippen MR) is 112 cm³/mol. The number of carbonyl (C=O) groups is 3. The Balaban J connectivity index is 1.26. The number of hydrogen-bond acceptors (Lipinski definition) is 4. The van der Waals surface area contributed by atoms with Crippen LogP contribution < -0.4 is 5.32 Å². The summed E-state index contributed by atoms with van der Waals surface area (Å²) in [5.74, 6) is 1.06. The van der Waals surface area contributed by atoms with Gasteiger partial charge in [-0.15, -0.1) is 0 Å². The molecule has 2 fully saturated rings. The number of amides is 3. The van der Waals surface area contributed by atoms with Crippen LogP contribution in [0, 0.1) is 0 Å². The Bertz CT molecular complexity index is 1130. The van der Waals surface area contributed by atoms with Crippen molar-refractivity contribution in [1.29, 1.82) is 0 Å². The van der Waals surface area contributed by atoms with Gasteiger partial charge in [-0.25, -0.2) is 4.98 Å². The second-order valence-electron chi connectivity index (χ2n) is 8.01. The molecule has 0 radical (unpaired) electrons. The first-order valence-corrected chi connectivity index (χ1v) is 10.3. The highest BCUT2D eigenvalue weighted by Crippen LogP contribution is 2.35. The van der Waals surface area contributed by atoms with E-state index in [-0.39, 0.29) is 37.1 Å². The normalized spacial score (nSPS) is 16.9. The first kappa shape index (κ1) is 18.5. The van der Waals surface area contributed by atoms with Crippen LogP contribution in [0.4, 0.5) is 5.69 Å². The van der Waals surface area contributed by atoms with Gasteiger partial charge in [-0.05, 0) is 48.7 Å². The number of aromatic nitrogens is 2. The largest absolute Gasteiger partial charge is 0.342 e. The number of anilines is 1. The minimum Gasteiger partial charge on any atom is -0.342 e. The van der Waals surface area contributed by atoms with Crippen molar-refractivity contribution in [2.75, 3.05) is 5.32 Å². The van der Waals surface area contributed by atoms with Crippen molar-refractivity contribution in [3.05, 3.63) is 59.4 Å². The lowest BCUT2D eigenvalue weighted by atomic mass is 9.85. The number of nitrogens with zero attached hydrogens (tertiary/aromatic N) is 2. The molecule has 1 aliphatic heterocycles. The number of aromatic amines is 1. The number of benzene rings is 2. The van der Waals surface area contributed by atoms with Gasteiger partial charge in [0.15, 0.2) is 0 Å². The Morgan fingerprint density at radius 1 is 1.07 bits per heavy atom. The van der Waals surface area contributed by atoms with E-state index in [0.29, 0.717) is 17.2 Å². The Kier molecular flexibility index (Phi) is 4.58. The van der Waals surface area contributed by atoms with E-state index in [1.807, 2.05) is 18.2 Å². The van der Waals surface area contributed by atoms with Gasteiger partial charge < -0.3 is 10.3 Å². The Morgan fingerprint density at radius 2 is 1.80 bits per heavy atom. The standard InChI is InChI=1S/C23H22N4O3/c28-20-10-11-21(29)27(20)13-14-4-6-16(7-5-14)23(30)24-17-8-9-18-19(12-17)26-22(25-18)15-2-1-3-15/h4-9,12,15H,1-3,10-11,13H2,(H,24,30)(H,25,26). The summed E-state index contributed by atoms with van der Waals surface area (Å²) in [7, 11) is 0. The van der Waals surface area contributed by atoms with Crippen molar-refractivity contribution in [1.82, 2.24) is 14.9 Å². The van der Waals surface area contributed by atoms with Crippen LogP contribution in [0.25, 0.3) is 11.0 Å². The molecule has 152 valence electrons. The second kappa shape index (κ2) is 7.40. The van der Waals surface area contributed by atoms with Gasteiger partial charge in [0.1, 0.15) is 5.82 Å². The van der Waals surface area contributed by atoms with Gasteiger partial charge in [0.2, 0.25) is 11.8 Å². The second-order valence-corrected chi connectivity index (χ2v) is 8.01. The topological polar surface area (TPSA) is 95.2 Å². The van der Waals surface area contributed by atoms with Crippen molar-refractivity contribution in [2.45, 2.75) is 44.6 Å². The highest BCUT2D eigenvalue weighted by molar-refractivity contribution is 6.05. The van der Waals surface area contributed by atoms with Crippen LogP contribution in [0.15, 0.2) is 42.5 Å². The van der Waals surface area contributed by atoms with E-state index in [1.165, 1.54) is 24.2 Å². The number of H-pyrrole nitrogens is 1. The zero-order valence-electron chi connectivity index (χ0n) is 16.5. The number of carbonyl (C=O) groups excluding carboxylic acids is 3. The Labute approximate surface area is 173 Å². The lowest BCUT2D eigenvalue weighted by Gasteiger charge is -2.22. The molecule has 5 rings (SSSR count). The molecule has 1 aromatic heterocycles. The summed E-state index contributed by atoms with van der Waals surface area (Å²) in [6, 6.07) is 12.6. The average Bonchev–Trinajstić information content (AvgIpc) is 3.24. The number of hydrogen-bond donors (Lipinski definition) is 2. The molecule has 30 heavy (non-hydrogen) atoms. The van der Waals surface area contributed by atoms with E-state index in [2.05, 4.69) is 15.3 Å². The van der Waals surface area contributed by atoms with Crippen molar-refractivity contribution < 1.29 is 14.4 Å². The van der Waals surface area contributed by atoms with Gasteiger partial charge >= 0.3 is 0 Å². The summed E-state index contributed by atoms with van der Waals surface area (Å²) in [6.07, 6.45) is 4.18. The van der Waals surface area contributed by atoms with E-state index < -0.39 is 0 Å². The lowest BCUT2D eigenvalue weighted by molar-refractivity contribution is -0.139. The minimum atomic E-state index is -0.215. The third-order valence-corrected chi connectivity index (χ3v) is 5.96. The smallest absolute Gasteiger partial charge is 0.255 e. The van der Waals surface area contributed by atoms with Crippen LogP contribution in [0.5, 0.6) is 0 Å². The molecule has 3 aromatic rings. The van der Waals surface area contributed by atoms with E-state index in [4.69, 9.17) is 0 Å². The van der Waals surface area contributed by atoms with Crippen molar-refractivity contribution in [2.24, 2.45) is 0 Å². The van der Waals surface area contributed by atoms with Gasteiger partial charge in [-0.2, -0.15) is 0 Å².